The van der Waals surface area contributed by atoms with Crippen molar-refractivity contribution < 1.29 is 10.2 Å². The average molecular weight is 323 g/mol. The topological polar surface area (TPSA) is 45.4 Å². The lowest BCUT2D eigenvalue weighted by Gasteiger charge is -2.35. The maximum absolute atomic E-state index is 11.0. The molecule has 2 saturated carbocycles. The average Bonchev–Trinajstić information content (AvgIpc) is 3.38. The number of hydrogen-bond donors (Lipinski definition) is 2. The van der Waals surface area contributed by atoms with E-state index in [4.69, 9.17) is 0 Å². The molecule has 2 N–H and O–H groups in total. The van der Waals surface area contributed by atoms with Gasteiger partial charge in [0.15, 0.2) is 0 Å². The summed E-state index contributed by atoms with van der Waals surface area (Å²) in [4.78, 5) is 0. The molecule has 1 aromatic heterocycles. The van der Waals surface area contributed by atoms with Gasteiger partial charge in [0.1, 0.15) is 0 Å². The van der Waals surface area contributed by atoms with E-state index in [1.165, 1.54) is 24.8 Å². The van der Waals surface area contributed by atoms with Gasteiger partial charge in [0, 0.05) is 11.1 Å². The zero-order valence-corrected chi connectivity index (χ0v) is 14.4. The molecule has 5 atom stereocenters. The summed E-state index contributed by atoms with van der Waals surface area (Å²) in [6.45, 7) is 4.40. The van der Waals surface area contributed by atoms with Crippen molar-refractivity contribution in [2.45, 2.75) is 57.3 Å². The highest BCUT2D eigenvalue weighted by Crippen LogP contribution is 2.70. The summed E-state index contributed by atoms with van der Waals surface area (Å²) in [5, 5.41) is 21.9. The van der Waals surface area contributed by atoms with Crippen LogP contribution >= 0.6 is 0 Å². The van der Waals surface area contributed by atoms with Gasteiger partial charge in [0.05, 0.1) is 5.69 Å². The van der Waals surface area contributed by atoms with Gasteiger partial charge in [-0.3, -0.25) is 4.57 Å². The van der Waals surface area contributed by atoms with Crippen LogP contribution < -0.4 is 0 Å². The predicted octanol–water partition coefficient (Wildman–Crippen LogP) is 5.01. The van der Waals surface area contributed by atoms with E-state index in [1.807, 2.05) is 12.1 Å². The van der Waals surface area contributed by atoms with Gasteiger partial charge in [0.2, 0.25) is 11.8 Å². The Balaban J connectivity index is 1.67. The van der Waals surface area contributed by atoms with Crippen molar-refractivity contribution in [1.29, 1.82) is 0 Å². The minimum Gasteiger partial charge on any atom is -0.494 e. The normalized spacial score (nSPS) is 30.8. The number of rotatable bonds is 3. The molecule has 0 amide bonds. The molecule has 126 valence electrons. The summed E-state index contributed by atoms with van der Waals surface area (Å²) in [5.74, 6) is 3.46. The highest BCUT2D eigenvalue weighted by Gasteiger charge is 2.58. The molecule has 1 unspecified atom stereocenters. The van der Waals surface area contributed by atoms with Crippen molar-refractivity contribution >= 4 is 0 Å². The molecule has 3 heteroatoms. The molecule has 6 rings (SSSR count). The summed E-state index contributed by atoms with van der Waals surface area (Å²) in [6.07, 6.45) is 4.70. The Morgan fingerprint density at radius 2 is 1.71 bits per heavy atom. The number of benzene rings is 1. The lowest BCUT2D eigenvalue weighted by molar-refractivity contribution is 0.322. The molecule has 4 aliphatic carbocycles. The minimum atomic E-state index is 0.281. The SMILES string of the molecule is CCC(C)c1cccc(-n2c(O)c3c(c2O)[C@@H]2CC[C@H]3[C@H]3C[C@H]32)c1. The van der Waals surface area contributed by atoms with Crippen molar-refractivity contribution in [3.8, 4) is 17.4 Å². The zero-order chi connectivity index (χ0) is 16.6. The van der Waals surface area contributed by atoms with Crippen molar-refractivity contribution in [2.75, 3.05) is 0 Å². The number of hydrogen-bond acceptors (Lipinski definition) is 2. The molecule has 1 heterocycles. The molecule has 24 heavy (non-hydrogen) atoms. The van der Waals surface area contributed by atoms with E-state index in [2.05, 4.69) is 26.0 Å². The molecule has 0 aliphatic heterocycles. The molecular formula is C21H25NO2. The summed E-state index contributed by atoms with van der Waals surface area (Å²) in [7, 11) is 0. The third-order valence-corrected chi connectivity index (χ3v) is 6.96. The molecule has 2 fully saturated rings. The first kappa shape index (κ1) is 14.4. The first-order valence-corrected chi connectivity index (χ1v) is 9.38. The van der Waals surface area contributed by atoms with Crippen molar-refractivity contribution in [1.82, 2.24) is 4.57 Å². The Labute approximate surface area is 142 Å². The van der Waals surface area contributed by atoms with Crippen LogP contribution in [0.5, 0.6) is 11.8 Å². The van der Waals surface area contributed by atoms with Gasteiger partial charge in [-0.15, -0.1) is 0 Å². The largest absolute Gasteiger partial charge is 0.494 e. The first-order valence-electron chi connectivity index (χ1n) is 9.38. The lowest BCUT2D eigenvalue weighted by Crippen LogP contribution is -2.22. The summed E-state index contributed by atoms with van der Waals surface area (Å²) in [5.41, 5.74) is 4.24. The highest BCUT2D eigenvalue weighted by atomic mass is 16.3. The van der Waals surface area contributed by atoms with E-state index < -0.39 is 0 Å². The Kier molecular flexibility index (Phi) is 2.89. The van der Waals surface area contributed by atoms with E-state index in [0.29, 0.717) is 17.8 Å². The molecule has 0 spiro atoms. The summed E-state index contributed by atoms with van der Waals surface area (Å²) < 4.78 is 1.69. The minimum absolute atomic E-state index is 0.281. The van der Waals surface area contributed by atoms with Crippen LogP contribution in [0.1, 0.15) is 74.0 Å². The maximum atomic E-state index is 11.0. The van der Waals surface area contributed by atoms with Crippen LogP contribution in [-0.2, 0) is 0 Å². The van der Waals surface area contributed by atoms with Crippen molar-refractivity contribution in [2.24, 2.45) is 11.8 Å². The number of aromatic hydroxyl groups is 2. The predicted molar refractivity (Wildman–Crippen MR) is 94.1 cm³/mol. The van der Waals surface area contributed by atoms with Gasteiger partial charge in [0.25, 0.3) is 0 Å². The molecule has 4 aliphatic rings. The second kappa shape index (κ2) is 4.81. The van der Waals surface area contributed by atoms with E-state index in [9.17, 15) is 10.2 Å². The van der Waals surface area contributed by atoms with Gasteiger partial charge in [-0.2, -0.15) is 0 Å². The number of aromatic nitrogens is 1. The second-order valence-electron chi connectivity index (χ2n) is 8.07. The van der Waals surface area contributed by atoms with Crippen LogP contribution in [0.15, 0.2) is 24.3 Å². The van der Waals surface area contributed by atoms with Crippen LogP contribution in [-0.4, -0.2) is 14.8 Å². The summed E-state index contributed by atoms with van der Waals surface area (Å²) >= 11 is 0. The van der Waals surface area contributed by atoms with Gasteiger partial charge < -0.3 is 10.2 Å². The fourth-order valence-corrected chi connectivity index (χ4v) is 5.43. The van der Waals surface area contributed by atoms with Crippen LogP contribution in [0, 0.1) is 11.8 Å². The molecule has 3 nitrogen and oxygen atoms in total. The van der Waals surface area contributed by atoms with Gasteiger partial charge in [-0.25, -0.2) is 0 Å². The van der Waals surface area contributed by atoms with Crippen molar-refractivity contribution in [3.05, 3.63) is 41.0 Å². The second-order valence-corrected chi connectivity index (χ2v) is 8.07. The fraction of sp³-hybridized carbons (Fsp3) is 0.524. The van der Waals surface area contributed by atoms with Crippen LogP contribution in [0.4, 0.5) is 0 Å². The van der Waals surface area contributed by atoms with Crippen LogP contribution in [0.3, 0.4) is 0 Å². The van der Waals surface area contributed by atoms with E-state index in [1.54, 1.807) is 4.57 Å². The van der Waals surface area contributed by atoms with Gasteiger partial charge in [-0.05, 0) is 73.0 Å². The smallest absolute Gasteiger partial charge is 0.202 e. The Bertz CT molecular complexity index is 782. The Hall–Kier alpha value is -1.90. The number of fused-ring (bicyclic) bond motifs is 1. The molecular weight excluding hydrogens is 298 g/mol. The zero-order valence-electron chi connectivity index (χ0n) is 14.4. The van der Waals surface area contributed by atoms with Crippen molar-refractivity contribution in [3.63, 3.8) is 0 Å². The maximum Gasteiger partial charge on any atom is 0.202 e. The van der Waals surface area contributed by atoms with Crippen LogP contribution in [0.2, 0.25) is 0 Å². The van der Waals surface area contributed by atoms with E-state index in [-0.39, 0.29) is 11.8 Å². The van der Waals surface area contributed by atoms with Gasteiger partial charge in [-0.1, -0.05) is 26.0 Å². The molecule has 2 bridgehead atoms. The monoisotopic (exact) mass is 323 g/mol. The lowest BCUT2D eigenvalue weighted by atomic mass is 9.68. The number of nitrogens with zero attached hydrogens (tertiary/aromatic N) is 1. The molecule has 1 aromatic carbocycles. The van der Waals surface area contributed by atoms with E-state index in [0.717, 1.165) is 35.1 Å². The molecule has 0 saturated heterocycles. The summed E-state index contributed by atoms with van der Waals surface area (Å²) in [6, 6.07) is 8.26. The van der Waals surface area contributed by atoms with Gasteiger partial charge >= 0.3 is 0 Å². The molecule has 0 radical (unpaired) electrons. The quantitative estimate of drug-likeness (QED) is 0.833. The fourth-order valence-electron chi connectivity index (χ4n) is 5.43. The standard InChI is InChI=1S/C21H25NO2/c1-3-11(2)12-5-4-6-13(9-12)22-20(23)18-14-7-8-15(17-10-16(14)17)19(18)21(22)24/h4-6,9,11,14-17,23-24H,3,7-8,10H2,1-2H3/t11?,14-,15+,16+,17-. The Morgan fingerprint density at radius 1 is 1.08 bits per heavy atom. The molecule has 2 aromatic rings. The van der Waals surface area contributed by atoms with E-state index >= 15 is 0 Å². The highest BCUT2D eigenvalue weighted by molar-refractivity contribution is 5.59. The third kappa shape index (κ3) is 1.73. The van der Waals surface area contributed by atoms with Crippen LogP contribution in [0.25, 0.3) is 5.69 Å². The first-order chi connectivity index (χ1) is 11.6. The Morgan fingerprint density at radius 3 is 2.29 bits per heavy atom. The third-order valence-electron chi connectivity index (χ3n) is 6.96.